The van der Waals surface area contributed by atoms with Crippen molar-refractivity contribution in [3.05, 3.63) is 71.3 Å². The van der Waals surface area contributed by atoms with Gasteiger partial charge >= 0.3 is 5.97 Å². The van der Waals surface area contributed by atoms with Crippen LogP contribution in [0.5, 0.6) is 0 Å². The molecule has 0 bridgehead atoms. The summed E-state index contributed by atoms with van der Waals surface area (Å²) in [5, 5.41) is 0. The molecule has 3 rings (SSSR count). The van der Waals surface area contributed by atoms with Crippen LogP contribution in [0.3, 0.4) is 0 Å². The van der Waals surface area contributed by atoms with Crippen molar-refractivity contribution in [2.45, 2.75) is 25.4 Å². The summed E-state index contributed by atoms with van der Waals surface area (Å²) in [6.45, 7) is 2.97. The largest absolute Gasteiger partial charge is 0.465 e. The van der Waals surface area contributed by atoms with Crippen molar-refractivity contribution in [3.8, 4) is 0 Å². The molecule has 6 nitrogen and oxygen atoms in total. The monoisotopic (exact) mass is 402 g/mol. The average molecular weight is 403 g/mol. The Bertz CT molecular complexity index is 794. The summed E-state index contributed by atoms with van der Waals surface area (Å²) >= 11 is -2.07. The number of carbonyl (C=O) groups excluding carboxylic acids is 1. The van der Waals surface area contributed by atoms with Gasteiger partial charge < -0.3 is 4.74 Å². The molecular formula is C21H26N2O4S. The van der Waals surface area contributed by atoms with E-state index in [1.807, 2.05) is 18.2 Å². The van der Waals surface area contributed by atoms with E-state index in [4.69, 9.17) is 4.74 Å². The van der Waals surface area contributed by atoms with E-state index in [1.165, 1.54) is 19.1 Å². The summed E-state index contributed by atoms with van der Waals surface area (Å²) < 4.78 is 27.9. The van der Waals surface area contributed by atoms with E-state index in [-0.39, 0.29) is 6.04 Å². The number of esters is 1. The Balaban J connectivity index is 1.65. The Kier molecular flexibility index (Phi) is 7.33. The SMILES string of the molecule is COC(=O)c1ccc(CN(CCC(c2ccccc2)N2CCC2)S(=O)O)cc1. The topological polar surface area (TPSA) is 70.1 Å². The van der Waals surface area contributed by atoms with Gasteiger partial charge in [0.1, 0.15) is 0 Å². The highest BCUT2D eigenvalue weighted by molar-refractivity contribution is 7.76. The Morgan fingerprint density at radius 3 is 2.39 bits per heavy atom. The average Bonchev–Trinajstić information content (AvgIpc) is 2.68. The summed E-state index contributed by atoms with van der Waals surface area (Å²) in [7, 11) is 1.34. The normalized spacial score (nSPS) is 16.4. The van der Waals surface area contributed by atoms with Crippen LogP contribution in [-0.2, 0) is 22.5 Å². The van der Waals surface area contributed by atoms with Crippen molar-refractivity contribution >= 4 is 17.2 Å². The van der Waals surface area contributed by atoms with E-state index in [0.717, 1.165) is 25.1 Å². The van der Waals surface area contributed by atoms with Gasteiger partial charge in [0.25, 0.3) is 0 Å². The summed E-state index contributed by atoms with van der Waals surface area (Å²) in [4.78, 5) is 14.0. The van der Waals surface area contributed by atoms with Crippen molar-refractivity contribution < 1.29 is 18.3 Å². The van der Waals surface area contributed by atoms with Gasteiger partial charge in [-0.15, -0.1) is 0 Å². The highest BCUT2D eigenvalue weighted by Gasteiger charge is 2.26. The fraction of sp³-hybridized carbons (Fsp3) is 0.381. The molecule has 0 spiro atoms. The third kappa shape index (κ3) is 5.26. The molecule has 1 N–H and O–H groups in total. The molecule has 1 heterocycles. The number of hydrogen-bond acceptors (Lipinski definition) is 4. The zero-order valence-electron chi connectivity index (χ0n) is 16.0. The van der Waals surface area contributed by atoms with Crippen LogP contribution in [0.2, 0.25) is 0 Å². The molecule has 0 radical (unpaired) electrons. The maximum Gasteiger partial charge on any atom is 0.337 e. The lowest BCUT2D eigenvalue weighted by molar-refractivity contribution is 0.0600. The smallest absolute Gasteiger partial charge is 0.337 e. The molecule has 0 saturated carbocycles. The molecule has 1 saturated heterocycles. The van der Waals surface area contributed by atoms with E-state index in [9.17, 15) is 13.6 Å². The van der Waals surface area contributed by atoms with Crippen molar-refractivity contribution in [2.24, 2.45) is 0 Å². The van der Waals surface area contributed by atoms with Crippen LogP contribution in [0, 0.1) is 0 Å². The van der Waals surface area contributed by atoms with Crippen LogP contribution in [0.25, 0.3) is 0 Å². The van der Waals surface area contributed by atoms with Gasteiger partial charge in [-0.05, 0) is 49.2 Å². The Hall–Kier alpha value is -2.06. The molecule has 1 aliphatic heterocycles. The van der Waals surface area contributed by atoms with E-state index in [1.54, 1.807) is 28.6 Å². The number of methoxy groups -OCH3 is 1. The number of carbonyl (C=O) groups is 1. The number of nitrogens with zero attached hydrogens (tertiary/aromatic N) is 2. The van der Waals surface area contributed by atoms with Crippen molar-refractivity contribution in [3.63, 3.8) is 0 Å². The summed E-state index contributed by atoms with van der Waals surface area (Å²) in [5.41, 5.74) is 2.58. The van der Waals surface area contributed by atoms with Gasteiger partial charge in [0.05, 0.1) is 12.7 Å². The Morgan fingerprint density at radius 2 is 1.86 bits per heavy atom. The van der Waals surface area contributed by atoms with E-state index in [2.05, 4.69) is 17.0 Å². The molecule has 2 unspecified atom stereocenters. The first kappa shape index (κ1) is 20.7. The molecule has 1 fully saturated rings. The van der Waals surface area contributed by atoms with Gasteiger partial charge in [-0.25, -0.2) is 9.00 Å². The second-order valence-corrected chi connectivity index (χ2v) is 7.87. The molecular weight excluding hydrogens is 376 g/mol. The number of ether oxygens (including phenoxy) is 1. The number of hydrogen-bond donors (Lipinski definition) is 1. The van der Waals surface area contributed by atoms with Crippen LogP contribution in [0.15, 0.2) is 54.6 Å². The maximum absolute atomic E-state index is 11.9. The van der Waals surface area contributed by atoms with Gasteiger partial charge in [-0.3, -0.25) is 9.45 Å². The molecule has 1 aliphatic rings. The second kappa shape index (κ2) is 9.93. The van der Waals surface area contributed by atoms with Crippen LogP contribution in [-0.4, -0.2) is 50.7 Å². The Morgan fingerprint density at radius 1 is 1.18 bits per heavy atom. The standard InChI is InChI=1S/C21H26N2O4S/c1-27-21(24)19-10-8-17(9-11-19)16-23(28(25)26)15-12-20(22-13-5-14-22)18-6-3-2-4-7-18/h2-4,6-11,20H,5,12-16H2,1H3,(H,25,26). The lowest BCUT2D eigenvalue weighted by Gasteiger charge is -2.39. The van der Waals surface area contributed by atoms with Crippen molar-refractivity contribution in [1.82, 2.24) is 9.21 Å². The van der Waals surface area contributed by atoms with Crippen LogP contribution >= 0.6 is 0 Å². The van der Waals surface area contributed by atoms with Gasteiger partial charge in [0.15, 0.2) is 0 Å². The van der Waals surface area contributed by atoms with Crippen LogP contribution in [0.1, 0.15) is 40.4 Å². The molecule has 28 heavy (non-hydrogen) atoms. The molecule has 0 aromatic heterocycles. The van der Waals surface area contributed by atoms with Crippen molar-refractivity contribution in [2.75, 3.05) is 26.7 Å². The highest BCUT2D eigenvalue weighted by Crippen LogP contribution is 2.29. The van der Waals surface area contributed by atoms with Gasteiger partial charge in [-0.1, -0.05) is 42.5 Å². The minimum atomic E-state index is -2.07. The van der Waals surface area contributed by atoms with Gasteiger partial charge in [0.2, 0.25) is 11.3 Å². The molecule has 0 amide bonds. The zero-order chi connectivity index (χ0) is 19.9. The molecule has 2 aromatic rings. The fourth-order valence-electron chi connectivity index (χ4n) is 3.43. The van der Waals surface area contributed by atoms with Crippen LogP contribution < -0.4 is 0 Å². The minimum Gasteiger partial charge on any atom is -0.465 e. The number of benzene rings is 2. The lowest BCUT2D eigenvalue weighted by atomic mass is 9.98. The van der Waals surface area contributed by atoms with E-state index in [0.29, 0.717) is 18.7 Å². The fourth-order valence-corrected chi connectivity index (χ4v) is 3.96. The third-order valence-corrected chi connectivity index (χ3v) is 5.88. The van der Waals surface area contributed by atoms with E-state index < -0.39 is 17.2 Å². The Labute approximate surface area is 168 Å². The zero-order valence-corrected chi connectivity index (χ0v) is 16.8. The predicted octanol–water partition coefficient (Wildman–Crippen LogP) is 3.25. The first-order valence-electron chi connectivity index (χ1n) is 9.40. The summed E-state index contributed by atoms with van der Waals surface area (Å²) in [6, 6.07) is 17.5. The molecule has 0 aliphatic carbocycles. The number of rotatable bonds is 9. The lowest BCUT2D eigenvalue weighted by Crippen LogP contribution is -2.41. The number of likely N-dealkylation sites (tertiary alicyclic amines) is 1. The predicted molar refractivity (Wildman–Crippen MR) is 109 cm³/mol. The van der Waals surface area contributed by atoms with Crippen LogP contribution in [0.4, 0.5) is 0 Å². The first-order valence-corrected chi connectivity index (χ1v) is 10.5. The minimum absolute atomic E-state index is 0.253. The summed E-state index contributed by atoms with van der Waals surface area (Å²) in [5.74, 6) is -0.394. The van der Waals surface area contributed by atoms with Gasteiger partial charge in [-0.2, -0.15) is 4.31 Å². The highest BCUT2D eigenvalue weighted by atomic mass is 32.2. The van der Waals surface area contributed by atoms with Crippen molar-refractivity contribution in [1.29, 1.82) is 0 Å². The second-order valence-electron chi connectivity index (χ2n) is 6.89. The molecule has 2 atom stereocenters. The summed E-state index contributed by atoms with van der Waals surface area (Å²) in [6.07, 6.45) is 1.97. The molecule has 7 heteroatoms. The first-order chi connectivity index (χ1) is 13.6. The molecule has 2 aromatic carbocycles. The van der Waals surface area contributed by atoms with Gasteiger partial charge in [0, 0.05) is 19.1 Å². The van der Waals surface area contributed by atoms with E-state index >= 15 is 0 Å². The maximum atomic E-state index is 11.9. The quantitative estimate of drug-likeness (QED) is 0.515. The molecule has 150 valence electrons. The third-order valence-electron chi connectivity index (χ3n) is 5.12.